The molecule has 0 unspecified atom stereocenters. The lowest BCUT2D eigenvalue weighted by molar-refractivity contribution is -0.116. The van der Waals surface area contributed by atoms with Crippen molar-refractivity contribution in [1.82, 2.24) is 4.98 Å². The molecule has 2 aromatic rings. The number of nitrogens with one attached hydrogen (secondary N) is 1. The number of hydrogen-bond donors (Lipinski definition) is 1. The van der Waals surface area contributed by atoms with Gasteiger partial charge in [-0.3, -0.25) is 4.79 Å². The molecule has 1 atom stereocenters. The first-order valence-corrected chi connectivity index (χ1v) is 9.72. The van der Waals surface area contributed by atoms with Gasteiger partial charge < -0.3 is 15.0 Å². The maximum atomic E-state index is 12.3. The third kappa shape index (κ3) is 4.93. The zero-order chi connectivity index (χ0) is 19.9. The van der Waals surface area contributed by atoms with Crippen LogP contribution < -0.4 is 15.0 Å². The van der Waals surface area contributed by atoms with Gasteiger partial charge in [0.2, 0.25) is 5.91 Å². The fourth-order valence-electron chi connectivity index (χ4n) is 3.53. The quantitative estimate of drug-likeness (QED) is 0.786. The number of pyridine rings is 1. The largest absolute Gasteiger partial charge is 0.495 e. The number of halogens is 1. The Hall–Kier alpha value is -2.78. The first-order valence-electron chi connectivity index (χ1n) is 9.34. The molecule has 1 aromatic heterocycles. The number of anilines is 2. The second-order valence-electron chi connectivity index (χ2n) is 6.88. The second-order valence-corrected chi connectivity index (χ2v) is 7.28. The van der Waals surface area contributed by atoms with Gasteiger partial charge in [0.25, 0.3) is 0 Å². The van der Waals surface area contributed by atoms with Crippen LogP contribution in [0.15, 0.2) is 36.5 Å². The van der Waals surface area contributed by atoms with E-state index in [1.165, 1.54) is 0 Å². The van der Waals surface area contributed by atoms with Crippen molar-refractivity contribution in [2.75, 3.05) is 30.4 Å². The summed E-state index contributed by atoms with van der Waals surface area (Å²) in [5.41, 5.74) is 1.26. The molecule has 0 aliphatic carbocycles. The summed E-state index contributed by atoms with van der Waals surface area (Å²) in [5.74, 6) is 1.68. The van der Waals surface area contributed by atoms with Crippen LogP contribution in [0.2, 0.25) is 5.02 Å². The molecule has 1 aliphatic heterocycles. The summed E-state index contributed by atoms with van der Waals surface area (Å²) in [6.07, 6.45) is 5.05. The maximum absolute atomic E-state index is 12.3. The van der Waals surface area contributed by atoms with E-state index in [2.05, 4.69) is 21.3 Å². The first-order chi connectivity index (χ1) is 13.6. The molecule has 1 fully saturated rings. The van der Waals surface area contributed by atoms with Gasteiger partial charge in [-0.15, -0.1) is 0 Å². The molecule has 0 saturated carbocycles. The highest BCUT2D eigenvalue weighted by Crippen LogP contribution is 2.28. The van der Waals surface area contributed by atoms with E-state index < -0.39 is 0 Å². The van der Waals surface area contributed by atoms with Gasteiger partial charge in [-0.1, -0.05) is 11.6 Å². The highest BCUT2D eigenvalue weighted by Gasteiger charge is 2.23. The lowest BCUT2D eigenvalue weighted by Gasteiger charge is -2.34. The summed E-state index contributed by atoms with van der Waals surface area (Å²) in [7, 11) is 1.55. The van der Waals surface area contributed by atoms with E-state index in [0.717, 1.165) is 38.2 Å². The lowest BCUT2D eigenvalue weighted by atomic mass is 9.93. The molecule has 1 saturated heterocycles. The number of rotatable bonds is 6. The smallest absolute Gasteiger partial charge is 0.224 e. The fraction of sp³-hybridized carbons (Fsp3) is 0.381. The molecule has 1 N–H and O–H groups in total. The molecule has 0 radical (unpaired) electrons. The number of hydrogen-bond acceptors (Lipinski definition) is 5. The highest BCUT2D eigenvalue weighted by molar-refractivity contribution is 6.32. The summed E-state index contributed by atoms with van der Waals surface area (Å²) in [5, 5.41) is 12.6. The Labute approximate surface area is 170 Å². The van der Waals surface area contributed by atoms with Crippen LogP contribution in [0, 0.1) is 17.2 Å². The van der Waals surface area contributed by atoms with Gasteiger partial charge >= 0.3 is 0 Å². The van der Waals surface area contributed by atoms with Gasteiger partial charge in [0.05, 0.1) is 17.7 Å². The van der Waals surface area contributed by atoms with E-state index >= 15 is 0 Å². The Morgan fingerprint density at radius 3 is 3.07 bits per heavy atom. The summed E-state index contributed by atoms with van der Waals surface area (Å²) in [4.78, 5) is 18.9. The van der Waals surface area contributed by atoms with Crippen molar-refractivity contribution in [3.8, 4) is 11.8 Å². The van der Waals surface area contributed by atoms with Crippen molar-refractivity contribution in [3.05, 3.63) is 47.1 Å². The summed E-state index contributed by atoms with van der Waals surface area (Å²) in [6.45, 7) is 1.70. The van der Waals surface area contributed by atoms with Crippen LogP contribution in [-0.2, 0) is 4.79 Å². The number of ether oxygens (including phenoxy) is 1. The monoisotopic (exact) mass is 398 g/mol. The number of nitriles is 1. The van der Waals surface area contributed by atoms with Crippen molar-refractivity contribution in [2.24, 2.45) is 5.92 Å². The van der Waals surface area contributed by atoms with Crippen molar-refractivity contribution in [2.45, 2.75) is 25.7 Å². The van der Waals surface area contributed by atoms with E-state index in [1.54, 1.807) is 43.6 Å². The second kappa shape index (κ2) is 9.43. The standard InChI is InChI=1S/C21H23ClN4O2/c1-28-19-8-7-17(12-18(19)22)25-20(27)9-6-15-4-3-11-26(14-15)21-16(13-23)5-2-10-24-21/h2,5,7-8,10,12,15H,3-4,6,9,11,14H2,1H3,(H,25,27)/t15-/m0/s1. The Morgan fingerprint density at radius 1 is 1.46 bits per heavy atom. The Balaban J connectivity index is 1.53. The normalized spacial score (nSPS) is 16.3. The minimum Gasteiger partial charge on any atom is -0.495 e. The molecule has 1 aromatic carbocycles. The molecule has 0 spiro atoms. The number of nitrogens with zero attached hydrogens (tertiary/aromatic N) is 3. The Bertz CT molecular complexity index is 881. The zero-order valence-corrected chi connectivity index (χ0v) is 16.6. The molecule has 1 aliphatic rings. The van der Waals surface area contributed by atoms with Crippen molar-refractivity contribution in [3.63, 3.8) is 0 Å². The van der Waals surface area contributed by atoms with Crippen LogP contribution in [0.3, 0.4) is 0 Å². The van der Waals surface area contributed by atoms with Gasteiger partial charge in [-0.2, -0.15) is 5.26 Å². The number of amides is 1. The van der Waals surface area contributed by atoms with Crippen LogP contribution >= 0.6 is 11.6 Å². The van der Waals surface area contributed by atoms with Gasteiger partial charge in [-0.05, 0) is 55.5 Å². The Kier molecular flexibility index (Phi) is 6.72. The molecule has 7 heteroatoms. The molecular weight excluding hydrogens is 376 g/mol. The summed E-state index contributed by atoms with van der Waals surface area (Å²) >= 11 is 6.10. The van der Waals surface area contributed by atoms with Gasteiger partial charge in [0.1, 0.15) is 17.6 Å². The maximum Gasteiger partial charge on any atom is 0.224 e. The van der Waals surface area contributed by atoms with E-state index in [4.69, 9.17) is 16.3 Å². The van der Waals surface area contributed by atoms with Crippen LogP contribution in [-0.4, -0.2) is 31.1 Å². The SMILES string of the molecule is COc1ccc(NC(=O)CC[C@@H]2CCCN(c3ncccc3C#N)C2)cc1Cl. The summed E-state index contributed by atoms with van der Waals surface area (Å²) in [6, 6.07) is 11.0. The van der Waals surface area contributed by atoms with Gasteiger partial charge in [0.15, 0.2) is 0 Å². The molecule has 3 rings (SSSR count). The van der Waals surface area contributed by atoms with Crippen molar-refractivity contribution in [1.29, 1.82) is 5.26 Å². The molecule has 0 bridgehead atoms. The number of piperidine rings is 1. The number of carbonyl (C=O) groups is 1. The molecule has 28 heavy (non-hydrogen) atoms. The van der Waals surface area contributed by atoms with Crippen LogP contribution in [0.25, 0.3) is 0 Å². The third-order valence-electron chi connectivity index (χ3n) is 4.94. The predicted octanol–water partition coefficient (Wildman–Crippen LogP) is 4.25. The van der Waals surface area contributed by atoms with E-state index in [9.17, 15) is 10.1 Å². The average Bonchev–Trinajstić information content (AvgIpc) is 2.72. The molecule has 1 amide bonds. The topological polar surface area (TPSA) is 78.2 Å². The van der Waals surface area contributed by atoms with Crippen molar-refractivity contribution < 1.29 is 9.53 Å². The third-order valence-corrected chi connectivity index (χ3v) is 5.24. The van der Waals surface area contributed by atoms with Crippen molar-refractivity contribution >= 4 is 29.0 Å². The van der Waals surface area contributed by atoms with Crippen LogP contribution in [0.1, 0.15) is 31.2 Å². The summed E-state index contributed by atoms with van der Waals surface area (Å²) < 4.78 is 5.12. The minimum absolute atomic E-state index is 0.0334. The van der Waals surface area contributed by atoms with Gasteiger partial charge in [-0.25, -0.2) is 4.98 Å². The van der Waals surface area contributed by atoms with Gasteiger partial charge in [0, 0.05) is 31.4 Å². The molecule has 6 nitrogen and oxygen atoms in total. The Morgan fingerprint density at radius 2 is 2.32 bits per heavy atom. The number of carbonyl (C=O) groups excluding carboxylic acids is 1. The first kappa shape index (κ1) is 20.0. The predicted molar refractivity (Wildman–Crippen MR) is 110 cm³/mol. The number of aromatic nitrogens is 1. The van der Waals surface area contributed by atoms with Crippen LogP contribution in [0.5, 0.6) is 5.75 Å². The highest BCUT2D eigenvalue weighted by atomic mass is 35.5. The minimum atomic E-state index is -0.0334. The van der Waals surface area contributed by atoms with Crippen LogP contribution in [0.4, 0.5) is 11.5 Å². The molecular formula is C21H23ClN4O2. The number of methoxy groups -OCH3 is 1. The average molecular weight is 399 g/mol. The molecule has 2 heterocycles. The zero-order valence-electron chi connectivity index (χ0n) is 15.8. The van der Waals surface area contributed by atoms with E-state index in [-0.39, 0.29) is 5.91 Å². The van der Waals surface area contributed by atoms with E-state index in [1.807, 2.05) is 0 Å². The fourth-order valence-corrected chi connectivity index (χ4v) is 3.79. The number of benzene rings is 1. The molecule has 146 valence electrons. The van der Waals surface area contributed by atoms with E-state index in [0.29, 0.717) is 34.4 Å². The lowest BCUT2D eigenvalue weighted by Crippen LogP contribution is -2.36.